The maximum atomic E-state index is 12.0. The Kier molecular flexibility index (Phi) is 62.6. The average Bonchev–Trinajstić information content (AvgIpc) is 1.26. The molecule has 0 aromatic heterocycles. The van der Waals surface area contributed by atoms with Crippen molar-refractivity contribution in [1.29, 1.82) is 10.5 Å². The van der Waals surface area contributed by atoms with Gasteiger partial charge in [-0.2, -0.15) is 89.6 Å². The van der Waals surface area contributed by atoms with Crippen LogP contribution in [0.4, 0.5) is 79.0 Å². The number of alkyl halides is 18. The summed E-state index contributed by atoms with van der Waals surface area (Å²) >= 11 is 0. The van der Waals surface area contributed by atoms with Gasteiger partial charge in [0.15, 0.2) is 44.0 Å². The third kappa shape index (κ3) is 78.3. The molecular weight excluding hydrogens is 1290 g/mol. The second-order valence-electron chi connectivity index (χ2n) is 16.9. The summed E-state index contributed by atoms with van der Waals surface area (Å²) in [5.74, 6) is -1.00. The van der Waals surface area contributed by atoms with Crippen molar-refractivity contribution in [2.75, 3.05) is 109 Å². The Morgan fingerprint density at radius 1 is 0.344 bits per heavy atom. The first-order valence-electron chi connectivity index (χ1n) is 25.9. The highest BCUT2D eigenvalue weighted by molar-refractivity contribution is 5.70. The van der Waals surface area contributed by atoms with Gasteiger partial charge in [0.25, 0.3) is 12.2 Å². The van der Waals surface area contributed by atoms with Gasteiger partial charge in [0.2, 0.25) is 0 Å². The maximum Gasteiger partial charge on any atom is 0.423 e. The van der Waals surface area contributed by atoms with E-state index in [2.05, 4.69) is 37.9 Å². The van der Waals surface area contributed by atoms with Crippen molar-refractivity contribution in [3.8, 4) is 12.1 Å². The Morgan fingerprint density at radius 3 is 0.811 bits per heavy atom. The summed E-state index contributed by atoms with van der Waals surface area (Å²) in [5.41, 5.74) is 0. The van der Waals surface area contributed by atoms with Crippen LogP contribution >= 0.6 is 0 Å². The second kappa shape index (κ2) is 56.6. The van der Waals surface area contributed by atoms with Crippen LogP contribution in [0.15, 0.2) is 0 Å². The van der Waals surface area contributed by atoms with Crippen LogP contribution in [0.5, 0.6) is 0 Å². The van der Waals surface area contributed by atoms with Crippen LogP contribution in [-0.2, 0) is 94.9 Å². The fourth-order valence-corrected chi connectivity index (χ4v) is 4.23. The molecule has 22 nitrogen and oxygen atoms in total. The van der Waals surface area contributed by atoms with E-state index in [9.17, 15) is 88.6 Å². The lowest BCUT2D eigenvalue weighted by molar-refractivity contribution is -0.387. The minimum absolute atomic E-state index is 0.0367. The van der Waals surface area contributed by atoms with Gasteiger partial charge >= 0.3 is 49.0 Å². The number of rotatable bonds is 34. The van der Waals surface area contributed by atoms with Gasteiger partial charge in [-0.1, -0.05) is 0 Å². The molecule has 0 aliphatic rings. The number of hydrogen-bond acceptors (Lipinski definition) is 22. The SMILES string of the molecule is CC(C)OC(C)OC(C)C.CC(OC(C(F)(F)F)C(F)(F)F)OC(C(F)(F)F)C(F)(F)F.CC(OCC(F)(F)F)OCC(F)(F)F.CC(OCCC#N)OCCC#N.COC(=O)COC(C)OCC(=O)OC.COC(C)OC.COCCOC(C)OCCOC. The van der Waals surface area contributed by atoms with Crippen molar-refractivity contribution >= 4 is 11.9 Å². The van der Waals surface area contributed by atoms with Gasteiger partial charge in [-0.25, -0.2) is 9.59 Å². The Bertz CT molecular complexity index is 1610. The molecule has 0 saturated heterocycles. The number of carbonyl (C=O) groups is 2. The Morgan fingerprint density at radius 2 is 0.600 bits per heavy atom. The van der Waals surface area contributed by atoms with Crippen molar-refractivity contribution in [3.63, 3.8) is 0 Å². The number of nitrogens with zero attached hydrogens (tertiary/aromatic N) is 2. The number of nitriles is 2. The normalized spacial score (nSPS) is 12.1. The summed E-state index contributed by atoms with van der Waals surface area (Å²) in [4.78, 5) is 21.2. The highest BCUT2D eigenvalue weighted by Gasteiger charge is 2.61. The van der Waals surface area contributed by atoms with Crippen molar-refractivity contribution in [2.24, 2.45) is 0 Å². The van der Waals surface area contributed by atoms with Gasteiger partial charge in [-0.3, -0.25) is 0 Å². The molecule has 0 aromatic carbocycles. The predicted molar refractivity (Wildman–Crippen MR) is 275 cm³/mol. The minimum atomic E-state index is -6.11. The minimum Gasteiger partial charge on any atom is -0.467 e. The van der Waals surface area contributed by atoms with Crippen LogP contribution in [0.25, 0.3) is 0 Å². The van der Waals surface area contributed by atoms with E-state index in [-0.39, 0.29) is 57.5 Å². The first-order chi connectivity index (χ1) is 41.0. The number of esters is 2. The Hall–Kier alpha value is -3.98. The molecule has 0 atom stereocenters. The molecule has 0 aliphatic carbocycles. The molecule has 0 bridgehead atoms. The third-order valence-corrected chi connectivity index (χ3v) is 8.14. The fourth-order valence-electron chi connectivity index (χ4n) is 4.23. The quantitative estimate of drug-likeness (QED) is 0.0251. The zero-order valence-electron chi connectivity index (χ0n) is 52.7. The molecule has 0 aromatic rings. The van der Waals surface area contributed by atoms with Gasteiger partial charge in [-0.05, 0) is 76.2 Å². The number of hydrogen-bond donors (Lipinski definition) is 0. The largest absolute Gasteiger partial charge is 0.467 e. The lowest BCUT2D eigenvalue weighted by atomic mass is 10.3. The van der Waals surface area contributed by atoms with Gasteiger partial charge in [0.05, 0.1) is 91.0 Å². The molecule has 0 aliphatic heterocycles. The van der Waals surface area contributed by atoms with E-state index in [4.69, 9.17) is 57.9 Å². The molecule has 0 saturated carbocycles. The Labute approximate surface area is 511 Å². The van der Waals surface area contributed by atoms with Crippen LogP contribution in [0, 0.1) is 22.7 Å². The summed E-state index contributed by atoms with van der Waals surface area (Å²) in [7, 11) is 9.00. The molecular formula is C50H86F18N2O20. The average molecular weight is 1380 g/mol. The number of ether oxygens (including phenoxy) is 18. The maximum absolute atomic E-state index is 12.0. The standard InChI is InChI=1S/C8H6F12O2.C8H12N2O2.C8H14O6.C8H18O4.C8H18O2.C6H8F6O2.C4H10O2/c1-2(21-3(5(9,10)11)6(12,13)14)22-4(7(15,16)17)8(18,19)20;1-8(11-6-2-4-9)12-7-3-5-10;1-6(13-4-7(9)11-2)14-5-8(10)12-3;1-8(11-6-4-9-2)12-7-5-10-3;1-6(2)9-8(5)10-7(3)4;1-4(13-2-5(7,8)9)14-3-6(10,11)12;1-4(5-2)6-3/h2-4H,1H3;8H,2-3,6-7H2,1H3;6H,4-5H2,1-3H3;8H,4-7H2,1-3H3;6-8H,1-5H3;4H,2-3H2,1H3;4H,1-3H3. The smallest absolute Gasteiger partial charge is 0.423 e. The highest BCUT2D eigenvalue weighted by atomic mass is 19.4. The van der Waals surface area contributed by atoms with Crippen molar-refractivity contribution in [1.82, 2.24) is 0 Å². The molecule has 0 radical (unpaired) electrons. The highest BCUT2D eigenvalue weighted by Crippen LogP contribution is 2.39. The van der Waals surface area contributed by atoms with Crippen LogP contribution in [0.3, 0.4) is 0 Å². The molecule has 0 heterocycles. The summed E-state index contributed by atoms with van der Waals surface area (Å²) in [6, 6.07) is 3.91. The molecule has 0 fully saturated rings. The monoisotopic (exact) mass is 1380 g/mol. The number of halogens is 18. The summed E-state index contributed by atoms with van der Waals surface area (Å²) < 4.78 is 296. The lowest BCUT2D eigenvalue weighted by Crippen LogP contribution is -2.50. The van der Waals surface area contributed by atoms with Gasteiger partial charge in [0.1, 0.15) is 26.4 Å². The van der Waals surface area contributed by atoms with Gasteiger partial charge in [-0.15, -0.1) is 0 Å². The van der Waals surface area contributed by atoms with E-state index >= 15 is 0 Å². The predicted octanol–water partition coefficient (Wildman–Crippen LogP) is 11.2. The van der Waals surface area contributed by atoms with E-state index in [1.165, 1.54) is 14.2 Å². The first-order valence-corrected chi connectivity index (χ1v) is 25.9. The van der Waals surface area contributed by atoms with Crippen LogP contribution in [-0.4, -0.2) is 226 Å². The number of carbonyl (C=O) groups excluding carboxylic acids is 2. The van der Waals surface area contributed by atoms with Crippen LogP contribution in [0.1, 0.15) is 89.0 Å². The molecule has 0 spiro atoms. The van der Waals surface area contributed by atoms with E-state index in [1.807, 2.05) is 60.6 Å². The van der Waals surface area contributed by atoms with E-state index in [0.29, 0.717) is 52.5 Å². The number of methoxy groups -OCH3 is 6. The van der Waals surface area contributed by atoms with E-state index in [0.717, 1.165) is 6.92 Å². The van der Waals surface area contributed by atoms with Gasteiger partial charge < -0.3 is 85.3 Å². The first kappa shape index (κ1) is 99.6. The zero-order valence-corrected chi connectivity index (χ0v) is 52.7. The molecule has 0 rings (SSSR count). The summed E-state index contributed by atoms with van der Waals surface area (Å²) in [6.07, 6.45) is -47.5. The topological polar surface area (TPSA) is 248 Å². The van der Waals surface area contributed by atoms with E-state index < -0.39 is 93.3 Å². The third-order valence-electron chi connectivity index (χ3n) is 8.14. The lowest BCUT2D eigenvalue weighted by Gasteiger charge is -2.30. The molecule has 90 heavy (non-hydrogen) atoms. The Balaban J connectivity index is -0.000000183. The van der Waals surface area contributed by atoms with E-state index in [1.54, 1.807) is 42.3 Å². The van der Waals surface area contributed by atoms with Crippen molar-refractivity contribution in [3.05, 3.63) is 0 Å². The van der Waals surface area contributed by atoms with Gasteiger partial charge in [0, 0.05) is 28.4 Å². The fraction of sp³-hybridized carbons (Fsp3) is 0.920. The molecule has 0 amide bonds. The van der Waals surface area contributed by atoms with Crippen molar-refractivity contribution < 1.29 is 174 Å². The molecule has 40 heteroatoms. The van der Waals surface area contributed by atoms with Crippen LogP contribution in [0.2, 0.25) is 0 Å². The van der Waals surface area contributed by atoms with Crippen molar-refractivity contribution in [2.45, 2.75) is 195 Å². The molecule has 0 N–H and O–H groups in total. The summed E-state index contributed by atoms with van der Waals surface area (Å²) in [6.45, 7) is 17.3. The molecule has 0 unspecified atom stereocenters. The second-order valence-corrected chi connectivity index (χ2v) is 16.9. The zero-order chi connectivity index (χ0) is 72.1. The molecule has 542 valence electrons. The summed E-state index contributed by atoms with van der Waals surface area (Å²) in [5, 5.41) is 16.4. The van der Waals surface area contributed by atoms with Crippen LogP contribution < -0.4 is 0 Å².